The first-order valence-corrected chi connectivity index (χ1v) is 7.91. The van der Waals surface area contributed by atoms with E-state index >= 15 is 0 Å². The number of hydrogen-bond donors (Lipinski definition) is 2. The molecule has 2 aromatic carbocycles. The molecule has 0 aliphatic carbocycles. The molecule has 4 nitrogen and oxygen atoms in total. The highest BCUT2D eigenvalue weighted by atomic mass is 19.1. The van der Waals surface area contributed by atoms with Crippen LogP contribution in [0.5, 0.6) is 0 Å². The van der Waals surface area contributed by atoms with Gasteiger partial charge >= 0.3 is 0 Å². The Kier molecular flexibility index (Phi) is 6.46. The predicted octanol–water partition coefficient (Wildman–Crippen LogP) is 2.99. The molecular formula is C19H23FN2O2. The normalized spacial score (nSPS) is 12.2. The van der Waals surface area contributed by atoms with E-state index in [1.807, 2.05) is 38.4 Å². The largest absolute Gasteiger partial charge is 0.388 e. The van der Waals surface area contributed by atoms with Gasteiger partial charge in [0.2, 0.25) is 5.91 Å². The van der Waals surface area contributed by atoms with E-state index in [1.54, 1.807) is 6.07 Å². The maximum atomic E-state index is 13.1. The van der Waals surface area contributed by atoms with Crippen molar-refractivity contribution in [3.8, 4) is 0 Å². The number of anilines is 1. The Bertz CT molecular complexity index is 671. The number of likely N-dealkylation sites (N-methyl/N-ethyl adjacent to an activating group) is 1. The number of hydrogen-bond acceptors (Lipinski definition) is 3. The van der Waals surface area contributed by atoms with Gasteiger partial charge in [0.1, 0.15) is 5.82 Å². The molecule has 0 heterocycles. The van der Waals surface area contributed by atoms with Gasteiger partial charge in [0.05, 0.1) is 12.5 Å². The molecule has 0 fully saturated rings. The number of carbonyl (C=O) groups excluding carboxylic acids is 1. The minimum Gasteiger partial charge on any atom is -0.388 e. The van der Waals surface area contributed by atoms with Gasteiger partial charge in [0.15, 0.2) is 0 Å². The third kappa shape index (κ3) is 5.76. The second kappa shape index (κ2) is 8.57. The standard InChI is InChI=1S/C19H23FN2O2/c1-22(2)11-10-14-6-8-17(9-7-14)21-19(24)13-18(23)15-4-3-5-16(20)12-15/h3-9,12,18,23H,10-11,13H2,1-2H3,(H,21,24). The Morgan fingerprint density at radius 1 is 1.21 bits per heavy atom. The lowest BCUT2D eigenvalue weighted by Crippen LogP contribution is -2.16. The van der Waals surface area contributed by atoms with Crippen molar-refractivity contribution in [2.45, 2.75) is 18.9 Å². The first kappa shape index (κ1) is 18.1. The lowest BCUT2D eigenvalue weighted by molar-refractivity contribution is -0.118. The average molecular weight is 330 g/mol. The van der Waals surface area contributed by atoms with E-state index in [0.29, 0.717) is 11.3 Å². The molecule has 0 aromatic heterocycles. The summed E-state index contributed by atoms with van der Waals surface area (Å²) in [5.41, 5.74) is 2.27. The van der Waals surface area contributed by atoms with Crippen LogP contribution in [0.15, 0.2) is 48.5 Å². The van der Waals surface area contributed by atoms with Crippen molar-refractivity contribution >= 4 is 11.6 Å². The van der Waals surface area contributed by atoms with Gasteiger partial charge in [-0.25, -0.2) is 4.39 Å². The zero-order valence-electron chi connectivity index (χ0n) is 14.0. The van der Waals surface area contributed by atoms with Crippen LogP contribution in [0.4, 0.5) is 10.1 Å². The summed E-state index contributed by atoms with van der Waals surface area (Å²) < 4.78 is 13.1. The van der Waals surface area contributed by atoms with Gasteiger partial charge in [-0.15, -0.1) is 0 Å². The van der Waals surface area contributed by atoms with Gasteiger partial charge in [0.25, 0.3) is 0 Å². The Morgan fingerprint density at radius 2 is 1.92 bits per heavy atom. The number of aliphatic hydroxyl groups excluding tert-OH is 1. The number of carbonyl (C=O) groups is 1. The maximum Gasteiger partial charge on any atom is 0.227 e. The van der Waals surface area contributed by atoms with Crippen LogP contribution in [0.3, 0.4) is 0 Å². The van der Waals surface area contributed by atoms with Crippen molar-refractivity contribution in [1.82, 2.24) is 4.90 Å². The van der Waals surface area contributed by atoms with Crippen molar-refractivity contribution in [2.24, 2.45) is 0 Å². The second-order valence-electron chi connectivity index (χ2n) is 6.07. The van der Waals surface area contributed by atoms with Crippen molar-refractivity contribution < 1.29 is 14.3 Å². The van der Waals surface area contributed by atoms with Gasteiger partial charge in [-0.2, -0.15) is 0 Å². The lowest BCUT2D eigenvalue weighted by atomic mass is 10.1. The van der Waals surface area contributed by atoms with Crippen LogP contribution >= 0.6 is 0 Å². The van der Waals surface area contributed by atoms with Crippen molar-refractivity contribution in [2.75, 3.05) is 26.0 Å². The number of nitrogens with zero attached hydrogens (tertiary/aromatic N) is 1. The summed E-state index contributed by atoms with van der Waals surface area (Å²) in [6.45, 7) is 0.964. The fraction of sp³-hybridized carbons (Fsp3) is 0.316. The predicted molar refractivity (Wildman–Crippen MR) is 93.3 cm³/mol. The first-order valence-electron chi connectivity index (χ1n) is 7.91. The molecule has 0 radical (unpaired) electrons. The highest BCUT2D eigenvalue weighted by Gasteiger charge is 2.13. The number of halogens is 1. The summed E-state index contributed by atoms with van der Waals surface area (Å²) in [4.78, 5) is 14.1. The number of rotatable bonds is 7. The van der Waals surface area contributed by atoms with Crippen LogP contribution in [-0.2, 0) is 11.2 Å². The van der Waals surface area contributed by atoms with E-state index < -0.39 is 11.9 Å². The minimum atomic E-state index is -1.03. The molecule has 0 aliphatic rings. The molecule has 24 heavy (non-hydrogen) atoms. The van der Waals surface area contributed by atoms with E-state index in [-0.39, 0.29) is 12.3 Å². The molecule has 2 aromatic rings. The van der Waals surface area contributed by atoms with Gasteiger partial charge < -0.3 is 15.3 Å². The quantitative estimate of drug-likeness (QED) is 0.820. The molecule has 128 valence electrons. The average Bonchev–Trinajstić information content (AvgIpc) is 2.54. The molecule has 0 aliphatic heterocycles. The van der Waals surface area contributed by atoms with Crippen LogP contribution in [0.1, 0.15) is 23.7 Å². The number of nitrogens with one attached hydrogen (secondary N) is 1. The summed E-state index contributed by atoms with van der Waals surface area (Å²) in [6.07, 6.45) is -0.203. The van der Waals surface area contributed by atoms with E-state index in [9.17, 15) is 14.3 Å². The highest BCUT2D eigenvalue weighted by Crippen LogP contribution is 2.19. The lowest BCUT2D eigenvalue weighted by Gasteiger charge is -2.12. The van der Waals surface area contributed by atoms with E-state index in [1.165, 1.54) is 23.8 Å². The van der Waals surface area contributed by atoms with Gasteiger partial charge in [-0.05, 0) is 55.9 Å². The number of benzene rings is 2. The number of aliphatic hydroxyl groups is 1. The topological polar surface area (TPSA) is 52.6 Å². The summed E-state index contributed by atoms with van der Waals surface area (Å²) in [5.74, 6) is -0.743. The molecular weight excluding hydrogens is 307 g/mol. The first-order chi connectivity index (χ1) is 11.4. The molecule has 0 saturated heterocycles. The van der Waals surface area contributed by atoms with Crippen LogP contribution in [0, 0.1) is 5.82 Å². The summed E-state index contributed by atoms with van der Waals surface area (Å²) in [6, 6.07) is 13.3. The Hall–Kier alpha value is -2.24. The molecule has 1 amide bonds. The monoisotopic (exact) mass is 330 g/mol. The summed E-state index contributed by atoms with van der Waals surface area (Å²) in [7, 11) is 4.05. The Morgan fingerprint density at radius 3 is 2.54 bits per heavy atom. The van der Waals surface area contributed by atoms with E-state index in [2.05, 4.69) is 10.2 Å². The van der Waals surface area contributed by atoms with Crippen LogP contribution in [0.25, 0.3) is 0 Å². The van der Waals surface area contributed by atoms with Gasteiger partial charge in [-0.3, -0.25) is 4.79 Å². The zero-order chi connectivity index (χ0) is 17.5. The minimum absolute atomic E-state index is 0.119. The van der Waals surface area contributed by atoms with Crippen molar-refractivity contribution in [3.63, 3.8) is 0 Å². The van der Waals surface area contributed by atoms with Gasteiger partial charge in [0, 0.05) is 12.2 Å². The molecule has 2 rings (SSSR count). The molecule has 2 N–H and O–H groups in total. The zero-order valence-corrected chi connectivity index (χ0v) is 14.0. The molecule has 0 saturated carbocycles. The van der Waals surface area contributed by atoms with Crippen molar-refractivity contribution in [1.29, 1.82) is 0 Å². The summed E-state index contributed by atoms with van der Waals surface area (Å²) >= 11 is 0. The molecule has 0 bridgehead atoms. The molecule has 0 spiro atoms. The maximum absolute atomic E-state index is 13.1. The molecule has 1 unspecified atom stereocenters. The van der Waals surface area contributed by atoms with Gasteiger partial charge in [-0.1, -0.05) is 24.3 Å². The van der Waals surface area contributed by atoms with Crippen molar-refractivity contribution in [3.05, 3.63) is 65.5 Å². The SMILES string of the molecule is CN(C)CCc1ccc(NC(=O)CC(O)c2cccc(F)c2)cc1. The highest BCUT2D eigenvalue weighted by molar-refractivity contribution is 5.91. The third-order valence-corrected chi connectivity index (χ3v) is 3.70. The smallest absolute Gasteiger partial charge is 0.227 e. The molecule has 5 heteroatoms. The fourth-order valence-corrected chi connectivity index (χ4v) is 2.33. The fourth-order valence-electron chi connectivity index (χ4n) is 2.33. The van der Waals surface area contributed by atoms with E-state index in [4.69, 9.17) is 0 Å². The Balaban J connectivity index is 1.87. The molecule has 1 atom stereocenters. The second-order valence-corrected chi connectivity index (χ2v) is 6.07. The summed E-state index contributed by atoms with van der Waals surface area (Å²) in [5, 5.41) is 12.8. The van der Waals surface area contributed by atoms with Crippen LogP contribution in [0.2, 0.25) is 0 Å². The van der Waals surface area contributed by atoms with Crippen LogP contribution < -0.4 is 5.32 Å². The van der Waals surface area contributed by atoms with E-state index in [0.717, 1.165) is 13.0 Å². The Labute approximate surface area is 141 Å². The van der Waals surface area contributed by atoms with Crippen LogP contribution in [-0.4, -0.2) is 36.6 Å². The number of amides is 1. The third-order valence-electron chi connectivity index (χ3n) is 3.70.